The zero-order valence-corrected chi connectivity index (χ0v) is 15.8. The molecule has 1 N–H and O–H groups in total. The summed E-state index contributed by atoms with van der Waals surface area (Å²) in [5.74, 6) is 0.481. The van der Waals surface area contributed by atoms with Crippen LogP contribution in [0.25, 0.3) is 0 Å². The van der Waals surface area contributed by atoms with Crippen LogP contribution in [0.4, 0.5) is 5.69 Å². The van der Waals surface area contributed by atoms with Crippen LogP contribution >= 0.6 is 23.2 Å². The van der Waals surface area contributed by atoms with Gasteiger partial charge in [-0.3, -0.25) is 5.43 Å². The van der Waals surface area contributed by atoms with E-state index in [4.69, 9.17) is 37.4 Å². The number of methoxy groups -OCH3 is 1. The number of nitrogens with one attached hydrogen (secondary N) is 1. The summed E-state index contributed by atoms with van der Waals surface area (Å²) < 4.78 is 15.5. The number of halogens is 2. The van der Waals surface area contributed by atoms with Crippen molar-refractivity contribution < 1.29 is 19.0 Å². The Morgan fingerprint density at radius 2 is 1.96 bits per heavy atom. The van der Waals surface area contributed by atoms with Gasteiger partial charge in [-0.15, -0.1) is 0 Å². The first-order chi connectivity index (χ1) is 12.5. The van der Waals surface area contributed by atoms with E-state index < -0.39 is 5.97 Å². The highest BCUT2D eigenvalue weighted by molar-refractivity contribution is 6.42. The van der Waals surface area contributed by atoms with Crippen molar-refractivity contribution >= 4 is 41.1 Å². The molecule has 0 unspecified atom stereocenters. The van der Waals surface area contributed by atoms with Crippen LogP contribution in [0.3, 0.4) is 0 Å². The maximum absolute atomic E-state index is 11.4. The molecule has 0 radical (unpaired) electrons. The number of carbonyl (C=O) groups excluding carboxylic acids is 1. The first-order valence-corrected chi connectivity index (χ1v) is 8.49. The fraction of sp³-hybridized carbons (Fsp3) is 0.222. The summed E-state index contributed by atoms with van der Waals surface area (Å²) in [5, 5.41) is 5.06. The molecule has 0 fully saturated rings. The highest BCUT2D eigenvalue weighted by atomic mass is 35.5. The number of hydrazone groups is 1. The Balaban J connectivity index is 2.01. The molecule has 0 bridgehead atoms. The summed E-state index contributed by atoms with van der Waals surface area (Å²) in [6.07, 6.45) is 1.61. The van der Waals surface area contributed by atoms with Crippen LogP contribution < -0.4 is 14.9 Å². The van der Waals surface area contributed by atoms with Crippen LogP contribution in [-0.2, 0) is 9.53 Å². The Kier molecular flexibility index (Phi) is 7.56. The number of hydrogen-bond donors (Lipinski definition) is 1. The van der Waals surface area contributed by atoms with Crippen molar-refractivity contribution in [2.24, 2.45) is 5.10 Å². The summed E-state index contributed by atoms with van der Waals surface area (Å²) in [6, 6.07) is 10.3. The van der Waals surface area contributed by atoms with Gasteiger partial charge in [-0.2, -0.15) is 5.10 Å². The Bertz CT molecular complexity index is 797. The van der Waals surface area contributed by atoms with Gasteiger partial charge >= 0.3 is 5.97 Å². The Hall–Kier alpha value is -2.44. The molecular formula is C18H18Cl2N2O4. The second-order valence-electron chi connectivity index (χ2n) is 5.00. The van der Waals surface area contributed by atoms with E-state index in [1.165, 1.54) is 7.11 Å². The molecule has 0 spiro atoms. The van der Waals surface area contributed by atoms with E-state index in [1.54, 1.807) is 49.5 Å². The molecule has 0 aromatic heterocycles. The van der Waals surface area contributed by atoms with Crippen molar-refractivity contribution in [2.75, 3.05) is 25.7 Å². The van der Waals surface area contributed by atoms with Gasteiger partial charge in [0.15, 0.2) is 18.1 Å². The van der Waals surface area contributed by atoms with E-state index >= 15 is 0 Å². The van der Waals surface area contributed by atoms with Gasteiger partial charge in [-0.25, -0.2) is 4.79 Å². The van der Waals surface area contributed by atoms with Crippen molar-refractivity contribution in [2.45, 2.75) is 6.92 Å². The van der Waals surface area contributed by atoms with Crippen LogP contribution in [-0.4, -0.2) is 32.5 Å². The van der Waals surface area contributed by atoms with E-state index in [9.17, 15) is 4.79 Å². The molecule has 0 amide bonds. The predicted molar refractivity (Wildman–Crippen MR) is 103 cm³/mol. The van der Waals surface area contributed by atoms with Crippen LogP contribution in [0, 0.1) is 0 Å². The molecule has 2 aromatic carbocycles. The number of rotatable bonds is 8. The zero-order chi connectivity index (χ0) is 18.9. The van der Waals surface area contributed by atoms with Gasteiger partial charge in [0.05, 0.1) is 35.7 Å². The van der Waals surface area contributed by atoms with E-state index in [1.807, 2.05) is 0 Å². The lowest BCUT2D eigenvalue weighted by Gasteiger charge is -2.10. The lowest BCUT2D eigenvalue weighted by molar-refractivity contribution is -0.145. The Morgan fingerprint density at radius 1 is 1.15 bits per heavy atom. The Labute approximate surface area is 161 Å². The van der Waals surface area contributed by atoms with Crippen molar-refractivity contribution in [1.82, 2.24) is 0 Å². The summed E-state index contributed by atoms with van der Waals surface area (Å²) in [5.41, 5.74) is 4.34. The average Bonchev–Trinajstić information content (AvgIpc) is 2.63. The van der Waals surface area contributed by atoms with Gasteiger partial charge in [0.25, 0.3) is 0 Å². The summed E-state index contributed by atoms with van der Waals surface area (Å²) >= 11 is 11.8. The predicted octanol–water partition coefficient (Wildman–Crippen LogP) is 4.39. The fourth-order valence-electron chi connectivity index (χ4n) is 1.97. The first-order valence-electron chi connectivity index (χ1n) is 7.74. The highest BCUT2D eigenvalue weighted by Gasteiger charge is 2.08. The third-order valence-corrected chi connectivity index (χ3v) is 3.90. The third kappa shape index (κ3) is 5.82. The van der Waals surface area contributed by atoms with Gasteiger partial charge in [0.2, 0.25) is 0 Å². The molecule has 0 aliphatic carbocycles. The lowest BCUT2D eigenvalue weighted by Crippen LogP contribution is -2.14. The minimum Gasteiger partial charge on any atom is -0.493 e. The summed E-state index contributed by atoms with van der Waals surface area (Å²) in [7, 11) is 1.52. The second-order valence-corrected chi connectivity index (χ2v) is 5.82. The molecule has 138 valence electrons. The van der Waals surface area contributed by atoms with Gasteiger partial charge < -0.3 is 14.2 Å². The molecule has 0 saturated heterocycles. The van der Waals surface area contributed by atoms with Gasteiger partial charge in [0.1, 0.15) is 0 Å². The van der Waals surface area contributed by atoms with Gasteiger partial charge in [-0.05, 0) is 48.9 Å². The molecule has 0 heterocycles. The molecule has 8 heteroatoms. The molecule has 0 aliphatic heterocycles. The van der Waals surface area contributed by atoms with Gasteiger partial charge in [-0.1, -0.05) is 23.2 Å². The smallest absolute Gasteiger partial charge is 0.344 e. The number of hydrogen-bond acceptors (Lipinski definition) is 6. The summed E-state index contributed by atoms with van der Waals surface area (Å²) in [4.78, 5) is 11.4. The van der Waals surface area contributed by atoms with Crippen molar-refractivity contribution in [3.63, 3.8) is 0 Å². The lowest BCUT2D eigenvalue weighted by atomic mass is 10.2. The molecule has 0 aliphatic rings. The standard InChI is InChI=1S/C18H18Cl2N2O4/c1-3-25-18(23)11-26-16-7-4-12(8-17(16)24-2)10-21-22-13-5-6-14(19)15(20)9-13/h4-10,22H,3,11H2,1-2H3/b21-10+. The van der Waals surface area contributed by atoms with Gasteiger partial charge in [0, 0.05) is 0 Å². The first kappa shape index (κ1) is 19.9. The fourth-order valence-corrected chi connectivity index (χ4v) is 2.27. The third-order valence-electron chi connectivity index (χ3n) is 3.17. The number of ether oxygens (including phenoxy) is 3. The van der Waals surface area contributed by atoms with Crippen LogP contribution in [0.15, 0.2) is 41.5 Å². The minimum atomic E-state index is -0.439. The van der Waals surface area contributed by atoms with E-state index in [-0.39, 0.29) is 6.61 Å². The SMILES string of the molecule is CCOC(=O)COc1ccc(/C=N/Nc2ccc(Cl)c(Cl)c2)cc1OC. The average molecular weight is 397 g/mol. The maximum atomic E-state index is 11.4. The van der Waals surface area contributed by atoms with Crippen LogP contribution in [0.5, 0.6) is 11.5 Å². The number of carbonyl (C=O) groups is 1. The quantitative estimate of drug-likeness (QED) is 0.407. The topological polar surface area (TPSA) is 69.2 Å². The molecule has 26 heavy (non-hydrogen) atoms. The van der Waals surface area contributed by atoms with E-state index in [0.29, 0.717) is 33.8 Å². The van der Waals surface area contributed by atoms with Crippen molar-refractivity contribution in [3.8, 4) is 11.5 Å². The number of nitrogens with zero attached hydrogens (tertiary/aromatic N) is 1. The highest BCUT2D eigenvalue weighted by Crippen LogP contribution is 2.28. The van der Waals surface area contributed by atoms with E-state index in [2.05, 4.69) is 10.5 Å². The normalized spacial score (nSPS) is 10.6. The van der Waals surface area contributed by atoms with Crippen LogP contribution in [0.1, 0.15) is 12.5 Å². The van der Waals surface area contributed by atoms with Crippen molar-refractivity contribution in [1.29, 1.82) is 0 Å². The molecule has 0 saturated carbocycles. The molecule has 2 rings (SSSR count). The van der Waals surface area contributed by atoms with Crippen LogP contribution in [0.2, 0.25) is 10.0 Å². The van der Waals surface area contributed by atoms with E-state index in [0.717, 1.165) is 5.56 Å². The monoisotopic (exact) mass is 396 g/mol. The largest absolute Gasteiger partial charge is 0.493 e. The zero-order valence-electron chi connectivity index (χ0n) is 14.3. The maximum Gasteiger partial charge on any atom is 0.344 e. The van der Waals surface area contributed by atoms with Crippen molar-refractivity contribution in [3.05, 3.63) is 52.0 Å². The number of benzene rings is 2. The molecule has 0 atom stereocenters. The number of anilines is 1. The molecule has 2 aromatic rings. The number of esters is 1. The summed E-state index contributed by atoms with van der Waals surface area (Å²) in [6.45, 7) is 1.86. The molecular weight excluding hydrogens is 379 g/mol. The Morgan fingerprint density at radius 3 is 2.65 bits per heavy atom. The second kappa shape index (κ2) is 9.89. The molecule has 6 nitrogen and oxygen atoms in total. The minimum absolute atomic E-state index is 0.184.